The number of rotatable bonds is 8. The number of nitro groups is 1. The molecular weight excluding hydrogens is 822 g/mol. The molecule has 2 saturated heterocycles. The molecule has 8 rings (SSSR count). The topological polar surface area (TPSA) is 182 Å². The molecule has 1 aromatic heterocycles. The first-order valence-corrected chi connectivity index (χ1v) is 18.7. The zero-order chi connectivity index (χ0) is 42.3. The predicted octanol–water partition coefficient (Wildman–Crippen LogP) is 7.23. The number of nitrogens with zero attached hydrogens (tertiary/aromatic N) is 4. The average molecular weight is 853 g/mol. The second-order valence-corrected chi connectivity index (χ2v) is 15.3. The minimum Gasteiger partial charge on any atom is -0.502 e. The van der Waals surface area contributed by atoms with E-state index in [1.54, 1.807) is 18.2 Å². The third kappa shape index (κ3) is 6.04. The number of nitrogens with one attached hydrogen (secondary N) is 1. The number of alkyl halides is 3. The molecule has 19 heteroatoms. The number of nitro benzene ring substituents is 1. The second kappa shape index (κ2) is 14.3. The van der Waals surface area contributed by atoms with Crippen LogP contribution in [0.4, 0.5) is 30.4 Å². The van der Waals surface area contributed by atoms with Crippen molar-refractivity contribution in [3.8, 4) is 17.2 Å². The lowest BCUT2D eigenvalue weighted by atomic mass is 9.49. The Hall–Kier alpha value is -6.20. The second-order valence-electron chi connectivity index (χ2n) is 14.5. The van der Waals surface area contributed by atoms with Crippen LogP contribution in [0.2, 0.25) is 10.0 Å². The third-order valence-electron chi connectivity index (χ3n) is 11.7. The van der Waals surface area contributed by atoms with E-state index in [0.717, 1.165) is 4.90 Å². The number of non-ortho nitro benzene ring substituents is 1. The zero-order valence-electron chi connectivity index (χ0n) is 30.7. The van der Waals surface area contributed by atoms with Gasteiger partial charge in [0.25, 0.3) is 17.5 Å². The zero-order valence-corrected chi connectivity index (χ0v) is 32.2. The standard InChI is InChI=1S/C40H30Cl2F3N5O9/c1-58-29-13-18(14-30(59-2)33(29)51)32-24-11-12-25-31(37(54)48(35(25)52)22-7-9-23(10-8-22)50(56)57)26(24)16-27-36(53)49(38(55)39(27,32)19-3-5-21(41)6-4-19)47-34-28(42)15-20(17-46-34)40(43,44)45/h3-11,13-15,17,25-27,31-32,51H,12,16H2,1-2H3,(H,46,47)/t25-,26+,27-,31-,32-,39+/m0/s1. The van der Waals surface area contributed by atoms with Crippen LogP contribution >= 0.6 is 23.2 Å². The fourth-order valence-corrected chi connectivity index (χ4v) is 9.55. The summed E-state index contributed by atoms with van der Waals surface area (Å²) in [6, 6.07) is 14.7. The van der Waals surface area contributed by atoms with Crippen LogP contribution in [0.1, 0.15) is 35.4 Å². The van der Waals surface area contributed by atoms with Gasteiger partial charge in [-0.15, -0.1) is 0 Å². The number of phenolic OH excluding ortho intramolecular Hbond substituents is 1. The van der Waals surface area contributed by atoms with Crippen LogP contribution in [-0.2, 0) is 30.8 Å². The van der Waals surface area contributed by atoms with Crippen LogP contribution in [0, 0.1) is 33.8 Å². The fraction of sp³-hybridized carbons (Fsp3) is 0.275. The summed E-state index contributed by atoms with van der Waals surface area (Å²) in [5.74, 6) is -9.04. The Morgan fingerprint density at radius 3 is 2.15 bits per heavy atom. The smallest absolute Gasteiger partial charge is 0.417 e. The molecule has 2 aliphatic heterocycles. The highest BCUT2D eigenvalue weighted by Crippen LogP contribution is 2.65. The van der Waals surface area contributed by atoms with Gasteiger partial charge in [-0.3, -0.25) is 39.6 Å². The number of carbonyl (C=O) groups is 4. The largest absolute Gasteiger partial charge is 0.502 e. The molecule has 0 spiro atoms. The highest BCUT2D eigenvalue weighted by molar-refractivity contribution is 6.33. The first-order valence-electron chi connectivity index (χ1n) is 17.9. The van der Waals surface area contributed by atoms with E-state index in [4.69, 9.17) is 32.7 Å². The van der Waals surface area contributed by atoms with Gasteiger partial charge in [0.05, 0.1) is 58.6 Å². The molecule has 4 amide bonds. The lowest BCUT2D eigenvalue weighted by Gasteiger charge is -2.50. The predicted molar refractivity (Wildman–Crippen MR) is 204 cm³/mol. The van der Waals surface area contributed by atoms with Crippen LogP contribution in [0.15, 0.2) is 84.6 Å². The maximum absolute atomic E-state index is 15.4. The summed E-state index contributed by atoms with van der Waals surface area (Å²) in [5.41, 5.74) is 0.509. The highest BCUT2D eigenvalue weighted by Gasteiger charge is 2.70. The van der Waals surface area contributed by atoms with Gasteiger partial charge in [0, 0.05) is 29.3 Å². The molecule has 304 valence electrons. The van der Waals surface area contributed by atoms with Crippen molar-refractivity contribution < 1.29 is 51.9 Å². The van der Waals surface area contributed by atoms with Gasteiger partial charge in [-0.05, 0) is 72.4 Å². The number of aromatic hydroxyl groups is 1. The summed E-state index contributed by atoms with van der Waals surface area (Å²) in [6.45, 7) is 0. The molecule has 2 aliphatic carbocycles. The Balaban J connectivity index is 1.33. The normalized spacial score (nSPS) is 25.0. The van der Waals surface area contributed by atoms with Crippen LogP contribution in [-0.4, -0.2) is 57.9 Å². The summed E-state index contributed by atoms with van der Waals surface area (Å²) in [4.78, 5) is 74.5. The number of amides is 4. The minimum absolute atomic E-state index is 0.0317. The number of carbonyl (C=O) groups excluding carboxylic acids is 4. The van der Waals surface area contributed by atoms with Gasteiger partial charge < -0.3 is 14.6 Å². The molecule has 14 nitrogen and oxygen atoms in total. The number of halogens is 5. The molecule has 3 heterocycles. The van der Waals surface area contributed by atoms with Crippen molar-refractivity contribution in [1.29, 1.82) is 0 Å². The van der Waals surface area contributed by atoms with E-state index in [-0.39, 0.29) is 41.5 Å². The molecule has 4 aromatic rings. The van der Waals surface area contributed by atoms with Gasteiger partial charge in [0.2, 0.25) is 17.6 Å². The van der Waals surface area contributed by atoms with Crippen LogP contribution in [0.5, 0.6) is 17.2 Å². The first-order chi connectivity index (χ1) is 28.0. The third-order valence-corrected chi connectivity index (χ3v) is 12.3. The van der Waals surface area contributed by atoms with Crippen LogP contribution in [0.3, 0.4) is 0 Å². The van der Waals surface area contributed by atoms with Crippen LogP contribution in [0.25, 0.3) is 0 Å². The van der Waals surface area contributed by atoms with Gasteiger partial charge >= 0.3 is 6.18 Å². The summed E-state index contributed by atoms with van der Waals surface area (Å²) in [5, 5.41) is 22.7. The van der Waals surface area contributed by atoms with Crippen molar-refractivity contribution in [3.05, 3.63) is 121 Å². The Kier molecular flexibility index (Phi) is 9.58. The minimum atomic E-state index is -4.80. The highest BCUT2D eigenvalue weighted by atomic mass is 35.5. The summed E-state index contributed by atoms with van der Waals surface area (Å²) in [6.07, 6.45) is -2.66. The summed E-state index contributed by atoms with van der Waals surface area (Å²) in [7, 11) is 2.60. The number of aromatic nitrogens is 1. The van der Waals surface area contributed by atoms with Gasteiger partial charge in [-0.25, -0.2) is 4.98 Å². The number of allylic oxidation sites excluding steroid dienone is 2. The number of ether oxygens (including phenoxy) is 2. The monoisotopic (exact) mass is 851 g/mol. The molecular formula is C40H30Cl2F3N5O9. The average Bonchev–Trinajstić information content (AvgIpc) is 3.59. The van der Waals surface area contributed by atoms with E-state index in [9.17, 15) is 42.8 Å². The van der Waals surface area contributed by atoms with Gasteiger partial charge in [-0.2, -0.15) is 18.2 Å². The summed E-state index contributed by atoms with van der Waals surface area (Å²) >= 11 is 12.6. The molecule has 2 N–H and O–H groups in total. The molecule has 3 fully saturated rings. The van der Waals surface area contributed by atoms with Gasteiger partial charge in [-0.1, -0.05) is 47.0 Å². The SMILES string of the molecule is COc1cc([C@H]2C3=CC[C@@H]4C(=O)N(c5ccc([N+](=O)[O-])cc5)C(=O)[C@@H]4[C@@H]3C[C@H]3C(=O)N(Nc4ncc(C(F)(F)F)cc4Cl)C(=O)[C@@]23c2ccc(Cl)cc2)cc(OC)c1O. The molecule has 4 aliphatic rings. The Labute approximate surface area is 342 Å². The number of fused-ring (bicyclic) bond motifs is 4. The number of pyridine rings is 1. The lowest BCUT2D eigenvalue weighted by Crippen LogP contribution is -2.53. The van der Waals surface area contributed by atoms with Gasteiger partial charge in [0.1, 0.15) is 0 Å². The van der Waals surface area contributed by atoms with Crippen molar-refractivity contribution >= 4 is 64.0 Å². The van der Waals surface area contributed by atoms with Crippen molar-refractivity contribution in [2.45, 2.75) is 30.4 Å². The number of imide groups is 2. The molecule has 0 unspecified atom stereocenters. The number of anilines is 2. The van der Waals surface area contributed by atoms with E-state index in [1.165, 1.54) is 62.8 Å². The summed E-state index contributed by atoms with van der Waals surface area (Å²) < 4.78 is 51.6. The van der Waals surface area contributed by atoms with E-state index in [1.807, 2.05) is 0 Å². The molecule has 0 radical (unpaired) electrons. The van der Waals surface area contributed by atoms with Crippen molar-refractivity contribution in [2.75, 3.05) is 24.5 Å². The number of methoxy groups -OCH3 is 2. The maximum atomic E-state index is 15.4. The van der Waals surface area contributed by atoms with Crippen molar-refractivity contribution in [3.63, 3.8) is 0 Å². The Morgan fingerprint density at radius 1 is 0.932 bits per heavy atom. The lowest BCUT2D eigenvalue weighted by molar-refractivity contribution is -0.384. The number of hydrazine groups is 1. The van der Waals surface area contributed by atoms with E-state index in [0.29, 0.717) is 39.0 Å². The van der Waals surface area contributed by atoms with Crippen LogP contribution < -0.4 is 19.8 Å². The number of benzene rings is 3. The number of hydrogen-bond acceptors (Lipinski definition) is 11. The van der Waals surface area contributed by atoms with Crippen molar-refractivity contribution in [1.82, 2.24) is 9.99 Å². The quantitative estimate of drug-likeness (QED) is 0.0790. The number of hydrogen-bond donors (Lipinski definition) is 2. The van der Waals surface area contributed by atoms with E-state index in [2.05, 4.69) is 10.4 Å². The maximum Gasteiger partial charge on any atom is 0.417 e. The first kappa shape index (κ1) is 39.6. The molecule has 6 atom stereocenters. The molecule has 1 saturated carbocycles. The fourth-order valence-electron chi connectivity index (χ4n) is 9.22. The van der Waals surface area contributed by atoms with E-state index < -0.39 is 86.1 Å². The van der Waals surface area contributed by atoms with Crippen molar-refractivity contribution in [2.24, 2.45) is 23.7 Å². The van der Waals surface area contributed by atoms with Gasteiger partial charge in [0.15, 0.2) is 17.3 Å². The Morgan fingerprint density at radius 2 is 1.58 bits per heavy atom. The number of phenols is 1. The van der Waals surface area contributed by atoms with E-state index >= 15 is 4.79 Å². The molecule has 0 bridgehead atoms. The molecule has 3 aromatic carbocycles. The Bertz CT molecular complexity index is 2480. The molecule has 59 heavy (non-hydrogen) atoms.